The van der Waals surface area contributed by atoms with E-state index < -0.39 is 0 Å². The molecule has 0 aliphatic carbocycles. The van der Waals surface area contributed by atoms with Crippen LogP contribution in [0.4, 0.5) is 0 Å². The predicted molar refractivity (Wildman–Crippen MR) is 114 cm³/mol. The Kier molecular flexibility index (Phi) is 4.73. The number of hydrogen-bond donors (Lipinski definition) is 0. The van der Waals surface area contributed by atoms with E-state index in [2.05, 4.69) is 18.0 Å². The van der Waals surface area contributed by atoms with Gasteiger partial charge in [0.2, 0.25) is 11.9 Å². The van der Waals surface area contributed by atoms with Crippen LogP contribution in [0.3, 0.4) is 0 Å². The van der Waals surface area contributed by atoms with Crippen molar-refractivity contribution in [1.29, 1.82) is 0 Å². The molecule has 2 aliphatic heterocycles. The summed E-state index contributed by atoms with van der Waals surface area (Å²) >= 11 is 1.43. The van der Waals surface area contributed by atoms with Gasteiger partial charge in [0.05, 0.1) is 11.4 Å². The minimum atomic E-state index is 0.0934. The van der Waals surface area contributed by atoms with Crippen molar-refractivity contribution in [1.82, 2.24) is 19.7 Å². The van der Waals surface area contributed by atoms with Gasteiger partial charge in [0.15, 0.2) is 11.5 Å². The molecule has 0 unspecified atom stereocenters. The molecule has 30 heavy (non-hydrogen) atoms. The molecule has 1 aromatic carbocycles. The van der Waals surface area contributed by atoms with E-state index in [4.69, 9.17) is 14.6 Å². The number of amides is 1. The highest BCUT2D eigenvalue weighted by molar-refractivity contribution is 7.16. The summed E-state index contributed by atoms with van der Waals surface area (Å²) in [6.07, 6.45) is 2.91. The second kappa shape index (κ2) is 7.43. The predicted octanol–water partition coefficient (Wildman–Crippen LogP) is 3.81. The first-order chi connectivity index (χ1) is 14.5. The zero-order valence-corrected chi connectivity index (χ0v) is 18.2. The van der Waals surface area contributed by atoms with Gasteiger partial charge in [-0.25, -0.2) is 9.67 Å². The number of aryl methyl sites for hydroxylation is 2. The maximum absolute atomic E-state index is 12.8. The van der Waals surface area contributed by atoms with Gasteiger partial charge in [-0.1, -0.05) is 17.4 Å². The zero-order chi connectivity index (χ0) is 20.8. The Bertz CT molecular complexity index is 1130. The van der Waals surface area contributed by atoms with Gasteiger partial charge in [-0.05, 0) is 51.3 Å². The van der Waals surface area contributed by atoms with Gasteiger partial charge < -0.3 is 14.4 Å². The van der Waals surface area contributed by atoms with Crippen molar-refractivity contribution in [2.24, 2.45) is 0 Å². The minimum Gasteiger partial charge on any atom is -0.454 e. The smallest absolute Gasteiger partial charge is 0.265 e. The van der Waals surface area contributed by atoms with Gasteiger partial charge in [0.1, 0.15) is 4.88 Å². The van der Waals surface area contributed by atoms with Gasteiger partial charge >= 0.3 is 0 Å². The molecule has 0 atom stereocenters. The van der Waals surface area contributed by atoms with Crippen molar-refractivity contribution < 1.29 is 14.3 Å². The summed E-state index contributed by atoms with van der Waals surface area (Å²) in [5.74, 6) is 1.67. The van der Waals surface area contributed by atoms with Crippen molar-refractivity contribution in [3.8, 4) is 16.6 Å². The summed E-state index contributed by atoms with van der Waals surface area (Å²) < 4.78 is 12.8. The molecule has 8 heteroatoms. The monoisotopic (exact) mass is 424 g/mol. The SMILES string of the molecule is Cc1nc(-n2nc(C)c(Cc3ccc4c(c3)OCO4)c2C)sc1C(=O)N1CCCC1. The van der Waals surface area contributed by atoms with Crippen LogP contribution in [0, 0.1) is 20.8 Å². The third kappa shape index (κ3) is 3.25. The van der Waals surface area contributed by atoms with Gasteiger partial charge in [0.25, 0.3) is 5.91 Å². The van der Waals surface area contributed by atoms with E-state index in [0.717, 1.165) is 82.1 Å². The lowest BCUT2D eigenvalue weighted by atomic mass is 10.0. The fourth-order valence-corrected chi connectivity index (χ4v) is 5.15. The molecule has 1 amide bonds. The second-order valence-electron chi connectivity index (χ2n) is 7.84. The number of aromatic nitrogens is 3. The van der Waals surface area contributed by atoms with Crippen LogP contribution in [-0.4, -0.2) is 45.5 Å². The first-order valence-corrected chi connectivity index (χ1v) is 11.0. The largest absolute Gasteiger partial charge is 0.454 e. The second-order valence-corrected chi connectivity index (χ2v) is 8.81. The number of carbonyl (C=O) groups is 1. The molecule has 7 nitrogen and oxygen atoms in total. The third-order valence-electron chi connectivity index (χ3n) is 5.81. The number of carbonyl (C=O) groups excluding carboxylic acids is 1. The lowest BCUT2D eigenvalue weighted by Gasteiger charge is -2.13. The van der Waals surface area contributed by atoms with E-state index >= 15 is 0 Å². The Morgan fingerprint density at radius 2 is 1.87 bits per heavy atom. The van der Waals surface area contributed by atoms with E-state index in [-0.39, 0.29) is 12.7 Å². The summed E-state index contributed by atoms with van der Waals surface area (Å²) in [6.45, 7) is 7.93. The number of fused-ring (bicyclic) bond motifs is 1. The lowest BCUT2D eigenvalue weighted by Crippen LogP contribution is -2.27. The highest BCUT2D eigenvalue weighted by Gasteiger charge is 2.25. The van der Waals surface area contributed by atoms with E-state index in [9.17, 15) is 4.79 Å². The Labute approximate surface area is 179 Å². The molecule has 0 N–H and O–H groups in total. The average Bonchev–Trinajstić information content (AvgIpc) is 3.51. The van der Waals surface area contributed by atoms with E-state index in [1.54, 1.807) is 0 Å². The Morgan fingerprint density at radius 3 is 2.67 bits per heavy atom. The van der Waals surface area contributed by atoms with Crippen molar-refractivity contribution in [2.45, 2.75) is 40.0 Å². The summed E-state index contributed by atoms with van der Waals surface area (Å²) in [6, 6.07) is 6.04. The van der Waals surface area contributed by atoms with Crippen molar-refractivity contribution in [3.63, 3.8) is 0 Å². The molecule has 156 valence electrons. The van der Waals surface area contributed by atoms with E-state index in [0.29, 0.717) is 0 Å². The first kappa shape index (κ1) is 19.1. The molecule has 2 aromatic heterocycles. The van der Waals surface area contributed by atoms with Gasteiger partial charge in [-0.15, -0.1) is 0 Å². The zero-order valence-electron chi connectivity index (χ0n) is 17.4. The molecule has 3 aromatic rings. The first-order valence-electron chi connectivity index (χ1n) is 10.2. The van der Waals surface area contributed by atoms with Crippen LogP contribution in [0.1, 0.15) is 50.7 Å². The maximum atomic E-state index is 12.8. The summed E-state index contributed by atoms with van der Waals surface area (Å²) in [7, 11) is 0. The normalized spacial score (nSPS) is 15.2. The lowest BCUT2D eigenvalue weighted by molar-refractivity contribution is 0.0796. The fraction of sp³-hybridized carbons (Fsp3) is 0.409. The summed E-state index contributed by atoms with van der Waals surface area (Å²) in [4.78, 5) is 20.2. The summed E-state index contributed by atoms with van der Waals surface area (Å²) in [5, 5.41) is 5.49. The topological polar surface area (TPSA) is 69.5 Å². The Hall–Kier alpha value is -2.87. The van der Waals surface area contributed by atoms with Gasteiger partial charge in [0, 0.05) is 30.8 Å². The molecule has 2 aliphatic rings. The molecule has 1 fully saturated rings. The highest BCUT2D eigenvalue weighted by Crippen LogP contribution is 2.34. The number of ether oxygens (including phenoxy) is 2. The van der Waals surface area contributed by atoms with Crippen LogP contribution in [0.5, 0.6) is 11.5 Å². The van der Waals surface area contributed by atoms with Crippen molar-refractivity contribution in [2.75, 3.05) is 19.9 Å². The Balaban J connectivity index is 1.44. The van der Waals surface area contributed by atoms with Crippen LogP contribution in [-0.2, 0) is 6.42 Å². The molecule has 1 saturated heterocycles. The van der Waals surface area contributed by atoms with Crippen molar-refractivity contribution in [3.05, 3.63) is 51.3 Å². The molecule has 0 bridgehead atoms. The molecular weight excluding hydrogens is 400 g/mol. The molecule has 5 rings (SSSR count). The highest BCUT2D eigenvalue weighted by atomic mass is 32.1. The van der Waals surface area contributed by atoms with Crippen molar-refractivity contribution >= 4 is 17.2 Å². The molecular formula is C22H24N4O3S. The molecule has 4 heterocycles. The third-order valence-corrected chi connectivity index (χ3v) is 6.93. The van der Waals surface area contributed by atoms with Crippen LogP contribution < -0.4 is 9.47 Å². The van der Waals surface area contributed by atoms with Gasteiger partial charge in [-0.2, -0.15) is 5.10 Å². The number of nitrogens with zero attached hydrogens (tertiary/aromatic N) is 4. The Morgan fingerprint density at radius 1 is 1.10 bits per heavy atom. The number of rotatable bonds is 4. The van der Waals surface area contributed by atoms with Crippen LogP contribution in [0.2, 0.25) is 0 Å². The quantitative estimate of drug-likeness (QED) is 0.637. The van der Waals surface area contributed by atoms with E-state index in [1.165, 1.54) is 11.3 Å². The number of thiazole rings is 1. The molecule has 0 saturated carbocycles. The van der Waals surface area contributed by atoms with Crippen LogP contribution in [0.25, 0.3) is 5.13 Å². The van der Waals surface area contributed by atoms with Gasteiger partial charge in [-0.3, -0.25) is 4.79 Å². The average molecular weight is 425 g/mol. The fourth-order valence-electron chi connectivity index (χ4n) is 4.11. The maximum Gasteiger partial charge on any atom is 0.265 e. The number of likely N-dealkylation sites (tertiary alicyclic amines) is 1. The number of benzene rings is 1. The molecule has 0 radical (unpaired) electrons. The van der Waals surface area contributed by atoms with Crippen LogP contribution in [0.15, 0.2) is 18.2 Å². The summed E-state index contributed by atoms with van der Waals surface area (Å²) in [5.41, 5.74) is 5.08. The van der Waals surface area contributed by atoms with Crippen LogP contribution >= 0.6 is 11.3 Å². The minimum absolute atomic E-state index is 0.0934. The standard InChI is InChI=1S/C22H24N4O3S/c1-13-17(10-16-6-7-18-19(11-16)29-12-28-18)15(3)26(24-13)22-23-14(2)20(30-22)21(27)25-8-4-5-9-25/h6-7,11H,4-5,8-10,12H2,1-3H3. The molecule has 0 spiro atoms. The van der Waals surface area contributed by atoms with E-state index in [1.807, 2.05) is 35.6 Å². The number of hydrogen-bond acceptors (Lipinski definition) is 6.